The molecule has 0 saturated carbocycles. The van der Waals surface area contributed by atoms with Gasteiger partial charge in [0, 0.05) is 5.69 Å². The zero-order valence-electron chi connectivity index (χ0n) is 10.9. The van der Waals surface area contributed by atoms with E-state index in [1.807, 2.05) is 0 Å². The minimum Gasteiger partial charge on any atom is -0.268 e. The Hall–Kier alpha value is -2.74. The SMILES string of the molecule is Cc1cc(C)n2c(=O)c3cc(F)ccc3nc2c1C#N. The second-order valence-electron chi connectivity index (χ2n) is 4.69. The van der Waals surface area contributed by atoms with Gasteiger partial charge in [-0.1, -0.05) is 0 Å². The quantitative estimate of drug-likeness (QED) is 0.588. The molecule has 0 atom stereocenters. The minimum atomic E-state index is -0.485. The van der Waals surface area contributed by atoms with Gasteiger partial charge in [-0.05, 0) is 43.7 Å². The number of pyridine rings is 1. The standard InChI is InChI=1S/C15H10FN3O/c1-8-5-9(2)19-14(12(8)7-17)18-13-4-3-10(16)6-11(13)15(19)20/h3-6H,1-2H3. The predicted molar refractivity (Wildman–Crippen MR) is 73.1 cm³/mol. The second-order valence-corrected chi connectivity index (χ2v) is 4.69. The summed E-state index contributed by atoms with van der Waals surface area (Å²) >= 11 is 0. The number of fused-ring (bicyclic) bond motifs is 2. The first kappa shape index (κ1) is 12.3. The van der Waals surface area contributed by atoms with Crippen molar-refractivity contribution < 1.29 is 4.39 Å². The van der Waals surface area contributed by atoms with Gasteiger partial charge in [0.1, 0.15) is 11.9 Å². The third-order valence-electron chi connectivity index (χ3n) is 3.34. The van der Waals surface area contributed by atoms with Crippen LogP contribution < -0.4 is 5.56 Å². The van der Waals surface area contributed by atoms with Crippen LogP contribution in [0.1, 0.15) is 16.8 Å². The van der Waals surface area contributed by atoms with Crippen LogP contribution in [-0.2, 0) is 0 Å². The van der Waals surface area contributed by atoms with E-state index in [0.717, 1.165) is 5.56 Å². The van der Waals surface area contributed by atoms with Crippen LogP contribution in [0.4, 0.5) is 4.39 Å². The van der Waals surface area contributed by atoms with Gasteiger partial charge in [-0.25, -0.2) is 9.37 Å². The van der Waals surface area contributed by atoms with Crippen molar-refractivity contribution in [2.75, 3.05) is 0 Å². The topological polar surface area (TPSA) is 58.2 Å². The lowest BCUT2D eigenvalue weighted by atomic mass is 10.1. The number of benzene rings is 1. The molecule has 0 spiro atoms. The van der Waals surface area contributed by atoms with E-state index in [0.29, 0.717) is 22.4 Å². The molecule has 0 radical (unpaired) electrons. The van der Waals surface area contributed by atoms with Crippen molar-refractivity contribution in [2.24, 2.45) is 0 Å². The number of hydrogen-bond donors (Lipinski definition) is 0. The van der Waals surface area contributed by atoms with Gasteiger partial charge in [0.25, 0.3) is 5.56 Å². The number of hydrogen-bond acceptors (Lipinski definition) is 3. The van der Waals surface area contributed by atoms with Crippen molar-refractivity contribution in [3.63, 3.8) is 0 Å². The van der Waals surface area contributed by atoms with E-state index in [1.54, 1.807) is 19.9 Å². The molecule has 2 heterocycles. The van der Waals surface area contributed by atoms with Crippen LogP contribution in [0.2, 0.25) is 0 Å². The number of nitrogens with zero attached hydrogens (tertiary/aromatic N) is 3. The molecule has 0 N–H and O–H groups in total. The second kappa shape index (κ2) is 4.14. The number of aryl methyl sites for hydroxylation is 2. The Labute approximate surface area is 113 Å². The average molecular weight is 267 g/mol. The number of halogens is 1. The van der Waals surface area contributed by atoms with Crippen LogP contribution in [0.5, 0.6) is 0 Å². The highest BCUT2D eigenvalue weighted by Crippen LogP contribution is 2.18. The molecule has 0 unspecified atom stereocenters. The van der Waals surface area contributed by atoms with Crippen LogP contribution in [0, 0.1) is 31.0 Å². The summed E-state index contributed by atoms with van der Waals surface area (Å²) in [4.78, 5) is 16.8. The summed E-state index contributed by atoms with van der Waals surface area (Å²) < 4.78 is 14.7. The molecule has 2 aromatic heterocycles. The van der Waals surface area contributed by atoms with E-state index in [2.05, 4.69) is 11.1 Å². The molecular weight excluding hydrogens is 257 g/mol. The Bertz CT molecular complexity index is 967. The molecule has 1 aromatic carbocycles. The highest BCUT2D eigenvalue weighted by atomic mass is 19.1. The highest BCUT2D eigenvalue weighted by Gasteiger charge is 2.13. The lowest BCUT2D eigenvalue weighted by Gasteiger charge is -2.10. The molecule has 3 rings (SSSR count). The summed E-state index contributed by atoms with van der Waals surface area (Å²) in [6.07, 6.45) is 0. The van der Waals surface area contributed by atoms with Crippen LogP contribution in [0.25, 0.3) is 16.6 Å². The molecule has 98 valence electrons. The molecule has 0 aliphatic rings. The van der Waals surface area contributed by atoms with Gasteiger partial charge in [-0.15, -0.1) is 0 Å². The molecule has 0 fully saturated rings. The first-order chi connectivity index (χ1) is 9.52. The fourth-order valence-electron chi connectivity index (χ4n) is 2.42. The van der Waals surface area contributed by atoms with Gasteiger partial charge in [0.05, 0.1) is 16.5 Å². The van der Waals surface area contributed by atoms with Crippen LogP contribution in [0.15, 0.2) is 29.1 Å². The van der Waals surface area contributed by atoms with Gasteiger partial charge in [0.15, 0.2) is 5.65 Å². The van der Waals surface area contributed by atoms with Crippen LogP contribution in [-0.4, -0.2) is 9.38 Å². The van der Waals surface area contributed by atoms with Crippen molar-refractivity contribution in [3.8, 4) is 6.07 Å². The largest absolute Gasteiger partial charge is 0.268 e. The Morgan fingerprint density at radius 1 is 1.30 bits per heavy atom. The molecule has 0 aliphatic carbocycles. The Balaban J connectivity index is 2.67. The third kappa shape index (κ3) is 1.58. The summed E-state index contributed by atoms with van der Waals surface area (Å²) in [5.74, 6) is -0.485. The first-order valence-corrected chi connectivity index (χ1v) is 6.05. The zero-order chi connectivity index (χ0) is 14.4. The lowest BCUT2D eigenvalue weighted by Crippen LogP contribution is -2.19. The third-order valence-corrected chi connectivity index (χ3v) is 3.34. The lowest BCUT2D eigenvalue weighted by molar-refractivity contribution is 0.629. The van der Waals surface area contributed by atoms with Gasteiger partial charge in [-0.3, -0.25) is 9.20 Å². The van der Waals surface area contributed by atoms with Crippen molar-refractivity contribution in [1.82, 2.24) is 9.38 Å². The van der Waals surface area contributed by atoms with Crippen molar-refractivity contribution in [3.05, 3.63) is 57.3 Å². The molecule has 0 amide bonds. The van der Waals surface area contributed by atoms with E-state index in [1.165, 1.54) is 22.6 Å². The predicted octanol–water partition coefficient (Wildman–Crippen LogP) is 2.48. The fraction of sp³-hybridized carbons (Fsp3) is 0.133. The van der Waals surface area contributed by atoms with Gasteiger partial charge in [0.2, 0.25) is 0 Å². The van der Waals surface area contributed by atoms with Crippen molar-refractivity contribution in [1.29, 1.82) is 5.26 Å². The maximum atomic E-state index is 13.3. The molecule has 3 aromatic rings. The smallest absolute Gasteiger partial charge is 0.266 e. The first-order valence-electron chi connectivity index (χ1n) is 6.05. The summed E-state index contributed by atoms with van der Waals surface area (Å²) in [5.41, 5.74) is 2.13. The Kier molecular flexibility index (Phi) is 2.54. The van der Waals surface area contributed by atoms with E-state index in [-0.39, 0.29) is 10.9 Å². The van der Waals surface area contributed by atoms with E-state index >= 15 is 0 Å². The summed E-state index contributed by atoms with van der Waals surface area (Å²) in [7, 11) is 0. The van der Waals surface area contributed by atoms with Crippen LogP contribution >= 0.6 is 0 Å². The van der Waals surface area contributed by atoms with E-state index in [9.17, 15) is 14.4 Å². The summed E-state index contributed by atoms with van der Waals surface area (Å²) in [5, 5.41) is 9.46. The molecule has 0 aliphatic heterocycles. The maximum absolute atomic E-state index is 13.3. The van der Waals surface area contributed by atoms with Crippen molar-refractivity contribution >= 4 is 16.6 Å². The number of nitriles is 1. The molecule has 20 heavy (non-hydrogen) atoms. The summed E-state index contributed by atoms with van der Waals surface area (Å²) in [6.45, 7) is 3.56. The monoisotopic (exact) mass is 267 g/mol. The Morgan fingerprint density at radius 3 is 2.75 bits per heavy atom. The van der Waals surface area contributed by atoms with Gasteiger partial charge >= 0.3 is 0 Å². The zero-order valence-corrected chi connectivity index (χ0v) is 10.9. The molecular formula is C15H10FN3O. The minimum absolute atomic E-state index is 0.207. The van der Waals surface area contributed by atoms with Crippen molar-refractivity contribution in [2.45, 2.75) is 13.8 Å². The normalized spacial score (nSPS) is 10.9. The van der Waals surface area contributed by atoms with Gasteiger partial charge < -0.3 is 0 Å². The molecule has 4 nitrogen and oxygen atoms in total. The molecule has 0 bridgehead atoms. The summed E-state index contributed by atoms with van der Waals surface area (Å²) in [6, 6.07) is 7.69. The molecule has 5 heteroatoms. The fourth-order valence-corrected chi connectivity index (χ4v) is 2.42. The molecule has 0 saturated heterocycles. The number of aromatic nitrogens is 2. The highest BCUT2D eigenvalue weighted by molar-refractivity contribution is 5.81. The maximum Gasteiger partial charge on any atom is 0.266 e. The number of rotatable bonds is 0. The average Bonchev–Trinajstić information content (AvgIpc) is 2.39. The van der Waals surface area contributed by atoms with E-state index < -0.39 is 5.82 Å². The van der Waals surface area contributed by atoms with Crippen LogP contribution in [0.3, 0.4) is 0 Å². The Morgan fingerprint density at radius 2 is 2.05 bits per heavy atom. The van der Waals surface area contributed by atoms with Gasteiger partial charge in [-0.2, -0.15) is 5.26 Å². The van der Waals surface area contributed by atoms with E-state index in [4.69, 9.17) is 0 Å².